The van der Waals surface area contributed by atoms with E-state index < -0.39 is 11.3 Å². The van der Waals surface area contributed by atoms with Gasteiger partial charge in [-0.25, -0.2) is 0 Å². The third-order valence-corrected chi connectivity index (χ3v) is 6.80. The van der Waals surface area contributed by atoms with Crippen LogP contribution in [0.3, 0.4) is 0 Å². The quantitative estimate of drug-likeness (QED) is 0.646. The molecule has 0 heterocycles. The van der Waals surface area contributed by atoms with Gasteiger partial charge in [0, 0.05) is 10.4 Å². The second kappa shape index (κ2) is 7.12. The number of rotatable bonds is 1. The van der Waals surface area contributed by atoms with Gasteiger partial charge in [-0.3, -0.25) is 0 Å². The van der Waals surface area contributed by atoms with Crippen molar-refractivity contribution in [2.45, 2.75) is 39.5 Å². The van der Waals surface area contributed by atoms with Gasteiger partial charge >= 0.3 is 0 Å². The zero-order chi connectivity index (χ0) is 20.7. The summed E-state index contributed by atoms with van der Waals surface area (Å²) in [6.07, 6.45) is 3.79. The van der Waals surface area contributed by atoms with E-state index in [1.54, 1.807) is 0 Å². The van der Waals surface area contributed by atoms with Crippen LogP contribution in [0.5, 0.6) is 0 Å². The van der Waals surface area contributed by atoms with E-state index in [1.165, 1.54) is 0 Å². The van der Waals surface area contributed by atoms with Crippen molar-refractivity contribution in [3.8, 4) is 18.2 Å². The number of nitriles is 3. The smallest absolute Gasteiger partial charge is 0.191 e. The van der Waals surface area contributed by atoms with Crippen LogP contribution in [0, 0.1) is 56.7 Å². The third-order valence-electron chi connectivity index (χ3n) is 6.31. The Bertz CT molecular complexity index is 977. The predicted octanol–water partition coefficient (Wildman–Crippen LogP) is 5.31. The van der Waals surface area contributed by atoms with Gasteiger partial charge in [-0.05, 0) is 53.4 Å². The van der Waals surface area contributed by atoms with Crippen LogP contribution in [-0.4, -0.2) is 0 Å². The molecule has 0 saturated carbocycles. The molecular formula is C23H23BrN4. The fraction of sp³-hybridized carbons (Fsp3) is 0.435. The van der Waals surface area contributed by atoms with E-state index in [4.69, 9.17) is 5.73 Å². The maximum Gasteiger partial charge on any atom is 0.191 e. The summed E-state index contributed by atoms with van der Waals surface area (Å²) >= 11 is 3.51. The van der Waals surface area contributed by atoms with E-state index >= 15 is 0 Å². The molecule has 0 unspecified atom stereocenters. The summed E-state index contributed by atoms with van der Waals surface area (Å²) in [6, 6.07) is 14.3. The van der Waals surface area contributed by atoms with Crippen LogP contribution in [0.4, 0.5) is 0 Å². The summed E-state index contributed by atoms with van der Waals surface area (Å²) < 4.78 is 0.886. The van der Waals surface area contributed by atoms with Crippen molar-refractivity contribution in [2.24, 2.45) is 28.4 Å². The lowest BCUT2D eigenvalue weighted by atomic mass is 9.54. The minimum absolute atomic E-state index is 0.0849. The molecule has 2 N–H and O–H groups in total. The standard InChI is InChI=1S/C23H23BrN4/c1-22(2,3)15-7-8-17-18(10-15)20(14-5-4-6-16(24)9-14)23(12-26,13-27)21(28)19(17)11-25/h4-6,8-9,15,18,20H,7,10,28H2,1-3H3/t15-,18+,20-/m0/s1. The average molecular weight is 435 g/mol. The van der Waals surface area contributed by atoms with Crippen LogP contribution in [0.15, 0.2) is 51.7 Å². The molecule has 0 bridgehead atoms. The van der Waals surface area contributed by atoms with Gasteiger partial charge in [-0.2, -0.15) is 15.8 Å². The van der Waals surface area contributed by atoms with E-state index in [0.717, 1.165) is 28.5 Å². The molecule has 0 spiro atoms. The highest BCUT2D eigenvalue weighted by atomic mass is 79.9. The van der Waals surface area contributed by atoms with Gasteiger partial charge in [0.05, 0.1) is 23.4 Å². The summed E-state index contributed by atoms with van der Waals surface area (Å²) in [5.74, 6) is -0.132. The minimum atomic E-state index is -1.56. The second-order valence-electron chi connectivity index (χ2n) is 8.77. The molecule has 4 nitrogen and oxygen atoms in total. The van der Waals surface area contributed by atoms with Gasteiger partial charge in [0.1, 0.15) is 6.07 Å². The first-order valence-electron chi connectivity index (χ1n) is 9.38. The van der Waals surface area contributed by atoms with E-state index in [-0.39, 0.29) is 17.0 Å². The molecule has 0 aromatic heterocycles. The van der Waals surface area contributed by atoms with Crippen LogP contribution >= 0.6 is 15.9 Å². The maximum absolute atomic E-state index is 10.1. The lowest BCUT2D eigenvalue weighted by Crippen LogP contribution is -2.44. The van der Waals surface area contributed by atoms with Gasteiger partial charge in [0.2, 0.25) is 0 Å². The van der Waals surface area contributed by atoms with Crippen LogP contribution in [0.1, 0.15) is 45.1 Å². The number of nitrogens with two attached hydrogens (primary N) is 1. The zero-order valence-corrected chi connectivity index (χ0v) is 17.9. The summed E-state index contributed by atoms with van der Waals surface area (Å²) in [6.45, 7) is 6.64. The predicted molar refractivity (Wildman–Crippen MR) is 111 cm³/mol. The average Bonchev–Trinajstić information content (AvgIpc) is 2.66. The summed E-state index contributed by atoms with van der Waals surface area (Å²) in [5.41, 5.74) is 7.05. The van der Waals surface area contributed by atoms with E-state index in [1.807, 2.05) is 24.3 Å². The zero-order valence-electron chi connectivity index (χ0n) is 16.3. The van der Waals surface area contributed by atoms with Crippen molar-refractivity contribution in [3.63, 3.8) is 0 Å². The van der Waals surface area contributed by atoms with Crippen LogP contribution in [-0.2, 0) is 0 Å². The lowest BCUT2D eigenvalue weighted by Gasteiger charge is -2.47. The lowest BCUT2D eigenvalue weighted by molar-refractivity contribution is 0.170. The molecule has 0 fully saturated rings. The highest BCUT2D eigenvalue weighted by Gasteiger charge is 2.55. The van der Waals surface area contributed by atoms with Gasteiger partial charge in [0.25, 0.3) is 0 Å². The number of benzene rings is 1. The van der Waals surface area contributed by atoms with Crippen molar-refractivity contribution in [1.29, 1.82) is 15.8 Å². The molecule has 1 aromatic rings. The monoisotopic (exact) mass is 434 g/mol. The molecule has 0 amide bonds. The molecular weight excluding hydrogens is 412 g/mol. The maximum atomic E-state index is 10.1. The first-order chi connectivity index (χ1) is 13.2. The molecule has 0 saturated heterocycles. The molecule has 0 aliphatic heterocycles. The minimum Gasteiger partial charge on any atom is -0.399 e. The molecule has 0 radical (unpaired) electrons. The molecule has 3 atom stereocenters. The van der Waals surface area contributed by atoms with E-state index in [9.17, 15) is 15.8 Å². The summed E-state index contributed by atoms with van der Waals surface area (Å²) in [5, 5.41) is 30.0. The molecule has 2 aliphatic carbocycles. The Labute approximate surface area is 175 Å². The van der Waals surface area contributed by atoms with Crippen molar-refractivity contribution >= 4 is 15.9 Å². The summed E-state index contributed by atoms with van der Waals surface area (Å²) in [7, 11) is 0. The second-order valence-corrected chi connectivity index (χ2v) is 9.68. The Morgan fingerprint density at radius 2 is 1.86 bits per heavy atom. The van der Waals surface area contributed by atoms with Gasteiger partial charge in [0.15, 0.2) is 5.41 Å². The van der Waals surface area contributed by atoms with Crippen molar-refractivity contribution in [2.75, 3.05) is 0 Å². The van der Waals surface area contributed by atoms with Crippen molar-refractivity contribution in [3.05, 3.63) is 57.2 Å². The fourth-order valence-corrected chi connectivity index (χ4v) is 5.09. The Hall–Kier alpha value is -2.55. The van der Waals surface area contributed by atoms with Crippen LogP contribution in [0.25, 0.3) is 0 Å². The number of halogens is 1. The molecule has 3 rings (SSSR count). The molecule has 142 valence electrons. The van der Waals surface area contributed by atoms with E-state index in [2.05, 4.69) is 61.0 Å². The first-order valence-corrected chi connectivity index (χ1v) is 10.2. The van der Waals surface area contributed by atoms with Crippen molar-refractivity contribution < 1.29 is 0 Å². The Kier molecular flexibility index (Phi) is 5.14. The van der Waals surface area contributed by atoms with Crippen molar-refractivity contribution in [1.82, 2.24) is 0 Å². The fourth-order valence-electron chi connectivity index (χ4n) is 4.67. The Balaban J connectivity index is 2.31. The summed E-state index contributed by atoms with van der Waals surface area (Å²) in [4.78, 5) is 0. The van der Waals surface area contributed by atoms with Gasteiger partial charge in [-0.1, -0.05) is 54.9 Å². The Morgan fingerprint density at radius 1 is 1.18 bits per heavy atom. The first kappa shape index (κ1) is 20.2. The number of nitrogens with zero attached hydrogens (tertiary/aromatic N) is 3. The molecule has 28 heavy (non-hydrogen) atoms. The number of fused-ring (bicyclic) bond motifs is 1. The van der Waals surface area contributed by atoms with Gasteiger partial charge < -0.3 is 5.73 Å². The van der Waals surface area contributed by atoms with E-state index in [0.29, 0.717) is 11.5 Å². The largest absolute Gasteiger partial charge is 0.399 e. The Morgan fingerprint density at radius 3 is 2.39 bits per heavy atom. The number of hydrogen-bond donors (Lipinski definition) is 1. The molecule has 2 aliphatic rings. The number of hydrogen-bond acceptors (Lipinski definition) is 4. The molecule has 1 aromatic carbocycles. The normalized spacial score (nSPS) is 26.3. The highest BCUT2D eigenvalue weighted by Crippen LogP contribution is 2.58. The highest BCUT2D eigenvalue weighted by molar-refractivity contribution is 9.10. The molecule has 5 heteroatoms. The number of allylic oxidation sites excluding steroid dienone is 4. The third kappa shape index (κ3) is 3.03. The van der Waals surface area contributed by atoms with Crippen LogP contribution < -0.4 is 5.73 Å². The topological polar surface area (TPSA) is 97.4 Å². The SMILES string of the molecule is CC(C)(C)[C@H]1CC=C2C(C#N)=C(N)C(C#N)(C#N)[C@@H](c3cccc(Br)c3)[C@@H]2C1. The van der Waals surface area contributed by atoms with Crippen LogP contribution in [0.2, 0.25) is 0 Å². The van der Waals surface area contributed by atoms with Gasteiger partial charge in [-0.15, -0.1) is 0 Å².